The summed E-state index contributed by atoms with van der Waals surface area (Å²) in [6, 6.07) is 3.71. The molecule has 0 unspecified atom stereocenters. The van der Waals surface area contributed by atoms with Crippen molar-refractivity contribution < 1.29 is 27.4 Å². The lowest BCUT2D eigenvalue weighted by Crippen LogP contribution is -2.17. The standard InChI is InChI=1S/C20H32O6S/c1-15(2)27(22,23)12-8-6-7-9-17(21)11-10-16-13-18(24-3)20(26-5)19(14-16)25-4/h13-15H,6-12H2,1-5H3. The van der Waals surface area contributed by atoms with Gasteiger partial charge < -0.3 is 14.2 Å². The molecule has 0 atom stereocenters. The van der Waals surface area contributed by atoms with Crippen LogP contribution in [-0.2, 0) is 21.1 Å². The van der Waals surface area contributed by atoms with Crippen molar-refractivity contribution >= 4 is 15.6 Å². The first-order valence-electron chi connectivity index (χ1n) is 9.27. The largest absolute Gasteiger partial charge is 0.493 e. The van der Waals surface area contributed by atoms with E-state index in [0.717, 1.165) is 18.4 Å². The van der Waals surface area contributed by atoms with E-state index < -0.39 is 9.84 Å². The van der Waals surface area contributed by atoms with Crippen molar-refractivity contribution in [3.05, 3.63) is 17.7 Å². The van der Waals surface area contributed by atoms with Crippen LogP contribution in [0.5, 0.6) is 17.2 Å². The van der Waals surface area contributed by atoms with Gasteiger partial charge in [-0.1, -0.05) is 6.42 Å². The van der Waals surface area contributed by atoms with Gasteiger partial charge in [0.05, 0.1) is 32.3 Å². The van der Waals surface area contributed by atoms with Crippen LogP contribution in [0.25, 0.3) is 0 Å². The summed E-state index contributed by atoms with van der Waals surface area (Å²) in [5.41, 5.74) is 0.945. The molecular formula is C20H32O6S. The maximum atomic E-state index is 12.1. The zero-order valence-electron chi connectivity index (χ0n) is 17.0. The number of ether oxygens (including phenoxy) is 3. The van der Waals surface area contributed by atoms with Gasteiger partial charge in [0.1, 0.15) is 5.78 Å². The third kappa shape index (κ3) is 7.40. The third-order valence-corrected chi connectivity index (χ3v) is 6.81. The number of carbonyl (C=O) groups excluding carboxylic acids is 1. The SMILES string of the molecule is COc1cc(CCC(=O)CCCCCS(=O)(=O)C(C)C)cc(OC)c1OC. The fourth-order valence-corrected chi connectivity index (χ4v) is 3.80. The zero-order valence-corrected chi connectivity index (χ0v) is 17.9. The van der Waals surface area contributed by atoms with Crippen LogP contribution in [0.1, 0.15) is 51.5 Å². The van der Waals surface area contributed by atoms with E-state index in [4.69, 9.17) is 14.2 Å². The molecule has 0 aliphatic carbocycles. The number of unbranched alkanes of at least 4 members (excludes halogenated alkanes) is 2. The van der Waals surface area contributed by atoms with Gasteiger partial charge in [-0.05, 0) is 50.8 Å². The third-order valence-electron chi connectivity index (χ3n) is 4.52. The van der Waals surface area contributed by atoms with E-state index in [9.17, 15) is 13.2 Å². The van der Waals surface area contributed by atoms with Gasteiger partial charge in [-0.15, -0.1) is 0 Å². The molecule has 0 saturated heterocycles. The Morgan fingerprint density at radius 1 is 0.926 bits per heavy atom. The Balaban J connectivity index is 2.44. The number of aryl methyl sites for hydroxylation is 1. The first kappa shape index (κ1) is 23.3. The predicted molar refractivity (Wildman–Crippen MR) is 107 cm³/mol. The van der Waals surface area contributed by atoms with Crippen molar-refractivity contribution in [2.75, 3.05) is 27.1 Å². The van der Waals surface area contributed by atoms with Crippen LogP contribution in [0.15, 0.2) is 12.1 Å². The lowest BCUT2D eigenvalue weighted by molar-refractivity contribution is -0.119. The number of hydrogen-bond donors (Lipinski definition) is 0. The summed E-state index contributed by atoms with van der Waals surface area (Å²) in [4.78, 5) is 12.1. The molecule has 27 heavy (non-hydrogen) atoms. The number of carbonyl (C=O) groups is 1. The van der Waals surface area contributed by atoms with Gasteiger partial charge in [0.2, 0.25) is 5.75 Å². The maximum absolute atomic E-state index is 12.1. The molecule has 0 amide bonds. The Labute approximate surface area is 163 Å². The molecule has 0 aliphatic heterocycles. The highest BCUT2D eigenvalue weighted by atomic mass is 32.2. The van der Waals surface area contributed by atoms with Crippen LogP contribution in [0.4, 0.5) is 0 Å². The topological polar surface area (TPSA) is 78.9 Å². The van der Waals surface area contributed by atoms with Crippen LogP contribution < -0.4 is 14.2 Å². The van der Waals surface area contributed by atoms with Crippen molar-refractivity contribution in [1.29, 1.82) is 0 Å². The van der Waals surface area contributed by atoms with E-state index >= 15 is 0 Å². The van der Waals surface area contributed by atoms with Gasteiger partial charge in [-0.25, -0.2) is 8.42 Å². The molecular weight excluding hydrogens is 368 g/mol. The molecule has 1 aromatic rings. The highest BCUT2D eigenvalue weighted by molar-refractivity contribution is 7.91. The Kier molecular flexibility index (Phi) is 9.63. The van der Waals surface area contributed by atoms with E-state index in [1.165, 1.54) is 0 Å². The summed E-state index contributed by atoms with van der Waals surface area (Å²) in [6.45, 7) is 3.39. The maximum Gasteiger partial charge on any atom is 0.203 e. The zero-order chi connectivity index (χ0) is 20.4. The normalized spacial score (nSPS) is 11.5. The monoisotopic (exact) mass is 400 g/mol. The van der Waals surface area contributed by atoms with Crippen molar-refractivity contribution in [3.63, 3.8) is 0 Å². The van der Waals surface area contributed by atoms with Crippen molar-refractivity contribution in [3.8, 4) is 17.2 Å². The molecule has 0 spiro atoms. The Bertz CT molecular complexity index is 684. The summed E-state index contributed by atoms with van der Waals surface area (Å²) in [6.07, 6.45) is 3.59. The second kappa shape index (κ2) is 11.2. The summed E-state index contributed by atoms with van der Waals surface area (Å²) in [5, 5.41) is -0.336. The lowest BCUT2D eigenvalue weighted by Gasteiger charge is -2.14. The van der Waals surface area contributed by atoms with Gasteiger partial charge >= 0.3 is 0 Å². The number of Topliss-reactive ketones (excluding diaryl/α,β-unsaturated/α-hetero) is 1. The van der Waals surface area contributed by atoms with Crippen LogP contribution in [0, 0.1) is 0 Å². The molecule has 0 saturated carbocycles. The highest BCUT2D eigenvalue weighted by Gasteiger charge is 2.16. The molecule has 1 rings (SSSR count). The fraction of sp³-hybridized carbons (Fsp3) is 0.650. The Morgan fingerprint density at radius 2 is 1.52 bits per heavy atom. The molecule has 0 heterocycles. The predicted octanol–water partition coefficient (Wildman–Crippen LogP) is 3.60. The molecule has 1 aromatic carbocycles. The van der Waals surface area contributed by atoms with Gasteiger partial charge in [-0.3, -0.25) is 4.79 Å². The van der Waals surface area contributed by atoms with Crippen molar-refractivity contribution in [2.24, 2.45) is 0 Å². The van der Waals surface area contributed by atoms with E-state index in [0.29, 0.717) is 42.9 Å². The lowest BCUT2D eigenvalue weighted by atomic mass is 10.0. The second-order valence-electron chi connectivity index (χ2n) is 6.80. The van der Waals surface area contributed by atoms with Gasteiger partial charge in [-0.2, -0.15) is 0 Å². The quantitative estimate of drug-likeness (QED) is 0.471. The second-order valence-corrected chi connectivity index (χ2v) is 9.48. The fourth-order valence-electron chi connectivity index (χ4n) is 2.73. The smallest absolute Gasteiger partial charge is 0.203 e. The number of ketones is 1. The van der Waals surface area contributed by atoms with Crippen molar-refractivity contribution in [2.45, 2.75) is 57.6 Å². The number of rotatable bonds is 13. The molecule has 0 radical (unpaired) electrons. The van der Waals surface area contributed by atoms with Gasteiger partial charge in [0.15, 0.2) is 21.3 Å². The molecule has 7 heteroatoms. The minimum Gasteiger partial charge on any atom is -0.493 e. The number of benzene rings is 1. The summed E-state index contributed by atoms with van der Waals surface area (Å²) in [7, 11) is 1.69. The molecule has 0 fully saturated rings. The summed E-state index contributed by atoms with van der Waals surface area (Å²) >= 11 is 0. The van der Waals surface area contributed by atoms with E-state index in [1.54, 1.807) is 35.2 Å². The van der Waals surface area contributed by atoms with Gasteiger partial charge in [0.25, 0.3) is 0 Å². The van der Waals surface area contributed by atoms with E-state index in [-0.39, 0.29) is 16.8 Å². The summed E-state index contributed by atoms with van der Waals surface area (Å²) < 4.78 is 39.4. The van der Waals surface area contributed by atoms with Crippen LogP contribution in [0.3, 0.4) is 0 Å². The minimum atomic E-state index is -2.98. The summed E-state index contributed by atoms with van der Waals surface area (Å²) in [5.74, 6) is 2.06. The van der Waals surface area contributed by atoms with Crippen LogP contribution in [0.2, 0.25) is 0 Å². The average Bonchev–Trinajstić information content (AvgIpc) is 2.64. The molecule has 0 aromatic heterocycles. The van der Waals surface area contributed by atoms with Crippen LogP contribution in [-0.4, -0.2) is 46.5 Å². The molecule has 6 nitrogen and oxygen atoms in total. The minimum absolute atomic E-state index is 0.176. The van der Waals surface area contributed by atoms with E-state index in [2.05, 4.69) is 0 Å². The number of hydrogen-bond acceptors (Lipinski definition) is 6. The van der Waals surface area contributed by atoms with E-state index in [1.807, 2.05) is 12.1 Å². The molecule has 0 aliphatic rings. The Hall–Kier alpha value is -1.76. The number of sulfone groups is 1. The molecule has 154 valence electrons. The average molecular weight is 401 g/mol. The van der Waals surface area contributed by atoms with Crippen molar-refractivity contribution in [1.82, 2.24) is 0 Å². The highest BCUT2D eigenvalue weighted by Crippen LogP contribution is 2.38. The molecule has 0 N–H and O–H groups in total. The molecule has 0 bridgehead atoms. The Morgan fingerprint density at radius 3 is 2.00 bits per heavy atom. The van der Waals surface area contributed by atoms with Gasteiger partial charge in [0, 0.05) is 12.8 Å². The van der Waals surface area contributed by atoms with Crippen LogP contribution >= 0.6 is 0 Å². The first-order valence-corrected chi connectivity index (χ1v) is 11.0. The first-order chi connectivity index (χ1) is 12.7. The number of methoxy groups -OCH3 is 3.